The van der Waals surface area contributed by atoms with Gasteiger partial charge in [-0.15, -0.1) is 0 Å². The Hall–Kier alpha value is -3.02. The largest absolute Gasteiger partial charge is 0.362 e. The highest BCUT2D eigenvalue weighted by molar-refractivity contribution is 5.86. The Morgan fingerprint density at radius 3 is 2.52 bits per heavy atom. The number of likely N-dealkylation sites (N-methyl/N-ethyl adjacent to an activating group) is 1. The molecule has 1 N–H and O–H groups in total. The van der Waals surface area contributed by atoms with E-state index in [1.807, 2.05) is 12.1 Å². The van der Waals surface area contributed by atoms with Crippen molar-refractivity contribution in [2.24, 2.45) is 0 Å². The molecular formula is C26H29N3O2. The maximum atomic E-state index is 13.0. The predicted octanol–water partition coefficient (Wildman–Crippen LogP) is 3.62. The molecule has 2 aromatic carbocycles. The molecule has 4 rings (SSSR count). The van der Waals surface area contributed by atoms with E-state index in [9.17, 15) is 4.79 Å². The SMILES string of the molecule is CNC(=O)C1(Cc2ccc(-c3ccncc3)cc2)CN(Cc2cccc(C)c2)CCO1. The molecule has 1 aliphatic heterocycles. The summed E-state index contributed by atoms with van der Waals surface area (Å²) < 4.78 is 6.17. The van der Waals surface area contributed by atoms with Crippen molar-refractivity contribution in [1.29, 1.82) is 0 Å². The summed E-state index contributed by atoms with van der Waals surface area (Å²) in [6.45, 7) is 4.83. The van der Waals surface area contributed by atoms with Crippen LogP contribution < -0.4 is 5.32 Å². The van der Waals surface area contributed by atoms with E-state index in [0.29, 0.717) is 19.6 Å². The average molecular weight is 416 g/mol. The number of benzene rings is 2. The van der Waals surface area contributed by atoms with Crippen molar-refractivity contribution in [1.82, 2.24) is 15.2 Å². The van der Waals surface area contributed by atoms with E-state index in [0.717, 1.165) is 29.8 Å². The standard InChI is InChI=1S/C26H29N3O2/c1-20-4-3-5-22(16-20)18-29-14-15-31-26(19-29,25(30)27-2)17-21-6-8-23(9-7-21)24-10-12-28-13-11-24/h3-13,16H,14-15,17-19H2,1-2H3,(H,27,30). The monoisotopic (exact) mass is 415 g/mol. The van der Waals surface area contributed by atoms with Crippen LogP contribution in [0.15, 0.2) is 73.1 Å². The molecule has 1 unspecified atom stereocenters. The molecule has 5 nitrogen and oxygen atoms in total. The van der Waals surface area contributed by atoms with Crippen molar-refractivity contribution in [3.05, 3.63) is 89.7 Å². The second kappa shape index (κ2) is 9.41. The van der Waals surface area contributed by atoms with Gasteiger partial charge in [0.15, 0.2) is 5.60 Å². The number of aromatic nitrogens is 1. The van der Waals surface area contributed by atoms with Gasteiger partial charge in [0.1, 0.15) is 0 Å². The van der Waals surface area contributed by atoms with Crippen LogP contribution in [0.1, 0.15) is 16.7 Å². The van der Waals surface area contributed by atoms with Crippen LogP contribution in [-0.4, -0.2) is 48.1 Å². The van der Waals surface area contributed by atoms with Crippen molar-refractivity contribution in [2.75, 3.05) is 26.7 Å². The molecular weight excluding hydrogens is 386 g/mol. The fourth-order valence-corrected chi connectivity index (χ4v) is 4.30. The molecule has 31 heavy (non-hydrogen) atoms. The third kappa shape index (κ3) is 5.01. The first-order valence-electron chi connectivity index (χ1n) is 10.7. The second-order valence-electron chi connectivity index (χ2n) is 8.23. The van der Waals surface area contributed by atoms with E-state index in [2.05, 4.69) is 70.7 Å². The molecule has 0 saturated carbocycles. The molecule has 5 heteroatoms. The zero-order chi connectivity index (χ0) is 21.7. The van der Waals surface area contributed by atoms with E-state index < -0.39 is 5.60 Å². The number of rotatable bonds is 6. The Bertz CT molecular complexity index is 1020. The molecule has 0 spiro atoms. The highest BCUT2D eigenvalue weighted by Gasteiger charge is 2.43. The third-order valence-corrected chi connectivity index (χ3v) is 5.85. The molecule has 0 radical (unpaired) electrons. The number of ether oxygens (including phenoxy) is 1. The number of morpholine rings is 1. The molecule has 1 aliphatic rings. The summed E-state index contributed by atoms with van der Waals surface area (Å²) in [5.74, 6) is -0.0698. The number of carbonyl (C=O) groups is 1. The first kappa shape index (κ1) is 21.2. The van der Waals surface area contributed by atoms with Crippen molar-refractivity contribution in [2.45, 2.75) is 25.5 Å². The van der Waals surface area contributed by atoms with Crippen LogP contribution in [0.3, 0.4) is 0 Å². The smallest absolute Gasteiger partial charge is 0.253 e. The number of carbonyl (C=O) groups excluding carboxylic acids is 1. The van der Waals surface area contributed by atoms with Crippen molar-refractivity contribution >= 4 is 5.91 Å². The zero-order valence-electron chi connectivity index (χ0n) is 18.2. The lowest BCUT2D eigenvalue weighted by Gasteiger charge is -2.41. The number of nitrogens with zero attached hydrogens (tertiary/aromatic N) is 2. The van der Waals surface area contributed by atoms with Gasteiger partial charge in [-0.3, -0.25) is 14.7 Å². The minimum atomic E-state index is -0.894. The molecule has 1 aromatic heterocycles. The average Bonchev–Trinajstić information content (AvgIpc) is 2.80. The Labute approximate surface area is 184 Å². The van der Waals surface area contributed by atoms with Gasteiger partial charge in [0, 0.05) is 45.5 Å². The quantitative estimate of drug-likeness (QED) is 0.668. The number of aryl methyl sites for hydroxylation is 1. The van der Waals surface area contributed by atoms with Gasteiger partial charge in [-0.25, -0.2) is 0 Å². The van der Waals surface area contributed by atoms with Gasteiger partial charge in [-0.2, -0.15) is 0 Å². The van der Waals surface area contributed by atoms with Gasteiger partial charge in [-0.1, -0.05) is 54.1 Å². The summed E-state index contributed by atoms with van der Waals surface area (Å²) in [7, 11) is 1.68. The minimum absolute atomic E-state index is 0.0698. The maximum Gasteiger partial charge on any atom is 0.253 e. The highest BCUT2D eigenvalue weighted by Crippen LogP contribution is 2.27. The van der Waals surface area contributed by atoms with Crippen LogP contribution in [0.2, 0.25) is 0 Å². The van der Waals surface area contributed by atoms with Gasteiger partial charge in [0.05, 0.1) is 6.61 Å². The predicted molar refractivity (Wildman–Crippen MR) is 123 cm³/mol. The second-order valence-corrected chi connectivity index (χ2v) is 8.23. The number of amides is 1. The molecule has 1 atom stereocenters. The lowest BCUT2D eigenvalue weighted by Crippen LogP contribution is -2.60. The van der Waals surface area contributed by atoms with Crippen LogP contribution in [0.5, 0.6) is 0 Å². The topological polar surface area (TPSA) is 54.5 Å². The summed E-state index contributed by atoms with van der Waals surface area (Å²) >= 11 is 0. The molecule has 1 saturated heterocycles. The fourth-order valence-electron chi connectivity index (χ4n) is 4.30. The Balaban J connectivity index is 1.53. The van der Waals surface area contributed by atoms with E-state index in [1.165, 1.54) is 11.1 Å². The first-order chi connectivity index (χ1) is 15.1. The Morgan fingerprint density at radius 1 is 1.06 bits per heavy atom. The van der Waals surface area contributed by atoms with Crippen molar-refractivity contribution < 1.29 is 9.53 Å². The maximum absolute atomic E-state index is 13.0. The van der Waals surface area contributed by atoms with Gasteiger partial charge in [0.2, 0.25) is 0 Å². The highest BCUT2D eigenvalue weighted by atomic mass is 16.5. The lowest BCUT2D eigenvalue weighted by atomic mass is 9.90. The summed E-state index contributed by atoms with van der Waals surface area (Å²) in [6.07, 6.45) is 4.12. The van der Waals surface area contributed by atoms with E-state index in [1.54, 1.807) is 19.4 Å². The van der Waals surface area contributed by atoms with Gasteiger partial charge in [-0.05, 0) is 41.3 Å². The lowest BCUT2D eigenvalue weighted by molar-refractivity contribution is -0.160. The van der Waals surface area contributed by atoms with E-state index in [4.69, 9.17) is 4.74 Å². The van der Waals surface area contributed by atoms with Crippen LogP contribution >= 0.6 is 0 Å². The van der Waals surface area contributed by atoms with Crippen LogP contribution in [0, 0.1) is 6.92 Å². The van der Waals surface area contributed by atoms with Crippen LogP contribution in [0.4, 0.5) is 0 Å². The first-order valence-corrected chi connectivity index (χ1v) is 10.7. The van der Waals surface area contributed by atoms with Crippen molar-refractivity contribution in [3.63, 3.8) is 0 Å². The zero-order valence-corrected chi connectivity index (χ0v) is 18.2. The molecule has 160 valence electrons. The molecule has 3 aromatic rings. The van der Waals surface area contributed by atoms with E-state index in [-0.39, 0.29) is 5.91 Å². The number of pyridine rings is 1. The molecule has 1 amide bonds. The Kier molecular flexibility index (Phi) is 6.44. The number of hydrogen-bond donors (Lipinski definition) is 1. The van der Waals surface area contributed by atoms with E-state index >= 15 is 0 Å². The normalized spacial score (nSPS) is 19.2. The summed E-state index contributed by atoms with van der Waals surface area (Å²) in [4.78, 5) is 19.4. The van der Waals surface area contributed by atoms with Crippen LogP contribution in [-0.2, 0) is 22.5 Å². The molecule has 0 aliphatic carbocycles. The van der Waals surface area contributed by atoms with Crippen LogP contribution in [0.25, 0.3) is 11.1 Å². The number of nitrogens with one attached hydrogen (secondary N) is 1. The summed E-state index contributed by atoms with van der Waals surface area (Å²) in [5.41, 5.74) is 4.95. The summed E-state index contributed by atoms with van der Waals surface area (Å²) in [6, 6.07) is 20.9. The molecule has 0 bridgehead atoms. The number of hydrogen-bond acceptors (Lipinski definition) is 4. The van der Waals surface area contributed by atoms with Gasteiger partial charge >= 0.3 is 0 Å². The summed E-state index contributed by atoms with van der Waals surface area (Å²) in [5, 5.41) is 2.83. The third-order valence-electron chi connectivity index (χ3n) is 5.85. The van der Waals surface area contributed by atoms with Gasteiger partial charge in [0.25, 0.3) is 5.91 Å². The molecule has 1 fully saturated rings. The fraction of sp³-hybridized carbons (Fsp3) is 0.308. The van der Waals surface area contributed by atoms with Crippen molar-refractivity contribution in [3.8, 4) is 11.1 Å². The molecule has 2 heterocycles. The Morgan fingerprint density at radius 2 is 1.81 bits per heavy atom. The van der Waals surface area contributed by atoms with Gasteiger partial charge < -0.3 is 10.1 Å². The minimum Gasteiger partial charge on any atom is -0.362 e.